The molecule has 0 aliphatic carbocycles. The Hall–Kier alpha value is -1.75. The van der Waals surface area contributed by atoms with Crippen molar-refractivity contribution in [3.63, 3.8) is 0 Å². The van der Waals surface area contributed by atoms with Crippen LogP contribution in [0.15, 0.2) is 18.2 Å². The van der Waals surface area contributed by atoms with Crippen LogP contribution in [0.4, 0.5) is 0 Å². The van der Waals surface area contributed by atoms with Crippen molar-refractivity contribution in [1.82, 2.24) is 5.32 Å². The predicted molar refractivity (Wildman–Crippen MR) is 72.8 cm³/mol. The molecule has 0 bridgehead atoms. The Kier molecular flexibility index (Phi) is 6.15. The summed E-state index contributed by atoms with van der Waals surface area (Å²) in [5.74, 6) is 0.893. The highest BCUT2D eigenvalue weighted by Crippen LogP contribution is 2.28. The molecule has 0 aromatic heterocycles. The van der Waals surface area contributed by atoms with Gasteiger partial charge in [-0.3, -0.25) is 4.79 Å². The van der Waals surface area contributed by atoms with Gasteiger partial charge < -0.3 is 19.9 Å². The van der Waals surface area contributed by atoms with E-state index in [9.17, 15) is 4.79 Å². The van der Waals surface area contributed by atoms with E-state index < -0.39 is 0 Å². The lowest BCUT2D eigenvalue weighted by atomic mass is 10.1. The van der Waals surface area contributed by atoms with Crippen LogP contribution >= 0.6 is 0 Å². The summed E-state index contributed by atoms with van der Waals surface area (Å²) in [6.07, 6.45) is 0.677. The standard InChI is InChI=1S/C14H21NO4/c1-4-11(9-16)15-14(17)10-6-7-12(19-5-2)13(8-10)18-3/h6-8,11,16H,4-5,9H2,1-3H3,(H,15,17). The molecular weight excluding hydrogens is 246 g/mol. The van der Waals surface area contributed by atoms with Crippen molar-refractivity contribution in [2.45, 2.75) is 26.3 Å². The van der Waals surface area contributed by atoms with Crippen LogP contribution in [0.5, 0.6) is 11.5 Å². The van der Waals surface area contributed by atoms with Gasteiger partial charge >= 0.3 is 0 Å². The number of methoxy groups -OCH3 is 1. The number of amides is 1. The van der Waals surface area contributed by atoms with Crippen LogP contribution in [-0.4, -0.2) is 37.4 Å². The Balaban J connectivity index is 2.86. The number of hydrogen-bond donors (Lipinski definition) is 2. The van der Waals surface area contributed by atoms with Crippen molar-refractivity contribution in [2.75, 3.05) is 20.3 Å². The molecule has 1 aromatic rings. The molecule has 2 N–H and O–H groups in total. The summed E-state index contributed by atoms with van der Waals surface area (Å²) in [7, 11) is 1.53. The molecule has 0 saturated carbocycles. The number of carbonyl (C=O) groups is 1. The highest BCUT2D eigenvalue weighted by atomic mass is 16.5. The van der Waals surface area contributed by atoms with E-state index in [1.165, 1.54) is 7.11 Å². The molecule has 1 unspecified atom stereocenters. The van der Waals surface area contributed by atoms with Crippen molar-refractivity contribution in [3.05, 3.63) is 23.8 Å². The van der Waals surface area contributed by atoms with E-state index in [2.05, 4.69) is 5.32 Å². The summed E-state index contributed by atoms with van der Waals surface area (Å²) >= 11 is 0. The Labute approximate surface area is 113 Å². The van der Waals surface area contributed by atoms with Crippen LogP contribution < -0.4 is 14.8 Å². The van der Waals surface area contributed by atoms with Gasteiger partial charge in [0.25, 0.3) is 5.91 Å². The number of nitrogens with one attached hydrogen (secondary N) is 1. The molecule has 1 aromatic carbocycles. The topological polar surface area (TPSA) is 67.8 Å². The molecule has 0 spiro atoms. The van der Waals surface area contributed by atoms with Gasteiger partial charge in [-0.1, -0.05) is 6.92 Å². The van der Waals surface area contributed by atoms with Crippen LogP contribution in [0.2, 0.25) is 0 Å². The zero-order valence-electron chi connectivity index (χ0n) is 11.6. The molecule has 19 heavy (non-hydrogen) atoms. The second kappa shape index (κ2) is 7.63. The first kappa shape index (κ1) is 15.3. The summed E-state index contributed by atoms with van der Waals surface area (Å²) < 4.78 is 10.6. The van der Waals surface area contributed by atoms with Crippen LogP contribution in [0.25, 0.3) is 0 Å². The van der Waals surface area contributed by atoms with Gasteiger partial charge in [-0.05, 0) is 31.5 Å². The van der Waals surface area contributed by atoms with Gasteiger partial charge in [0.2, 0.25) is 0 Å². The molecule has 5 nitrogen and oxygen atoms in total. The number of benzene rings is 1. The normalized spacial score (nSPS) is 11.8. The van der Waals surface area contributed by atoms with Crippen molar-refractivity contribution >= 4 is 5.91 Å². The second-order valence-electron chi connectivity index (χ2n) is 4.06. The zero-order chi connectivity index (χ0) is 14.3. The van der Waals surface area contributed by atoms with Gasteiger partial charge in [0.1, 0.15) is 0 Å². The van der Waals surface area contributed by atoms with Crippen LogP contribution in [0.3, 0.4) is 0 Å². The smallest absolute Gasteiger partial charge is 0.251 e. The SMILES string of the molecule is CCOc1ccc(C(=O)NC(CC)CO)cc1OC. The number of aliphatic hydroxyl groups is 1. The van der Waals surface area contributed by atoms with Crippen LogP contribution in [0, 0.1) is 0 Å². The fraction of sp³-hybridized carbons (Fsp3) is 0.500. The lowest BCUT2D eigenvalue weighted by Crippen LogP contribution is -2.36. The lowest BCUT2D eigenvalue weighted by molar-refractivity contribution is 0.0914. The van der Waals surface area contributed by atoms with Gasteiger partial charge in [0.05, 0.1) is 26.4 Å². The summed E-state index contributed by atoms with van der Waals surface area (Å²) in [6.45, 7) is 4.24. The maximum Gasteiger partial charge on any atom is 0.251 e. The molecule has 0 aliphatic rings. The van der Waals surface area contributed by atoms with E-state index in [1.807, 2.05) is 13.8 Å². The average Bonchev–Trinajstić information content (AvgIpc) is 2.45. The van der Waals surface area contributed by atoms with E-state index in [-0.39, 0.29) is 18.6 Å². The fourth-order valence-corrected chi connectivity index (χ4v) is 1.63. The summed E-state index contributed by atoms with van der Waals surface area (Å²) in [6, 6.07) is 4.78. The van der Waals surface area contributed by atoms with E-state index in [0.717, 1.165) is 0 Å². The molecule has 0 saturated heterocycles. The first-order valence-electron chi connectivity index (χ1n) is 6.38. The highest BCUT2D eigenvalue weighted by Gasteiger charge is 2.14. The van der Waals surface area contributed by atoms with Gasteiger partial charge in [-0.25, -0.2) is 0 Å². The molecule has 1 atom stereocenters. The molecule has 0 aliphatic heterocycles. The monoisotopic (exact) mass is 267 g/mol. The maximum atomic E-state index is 12.0. The Bertz CT molecular complexity index is 416. The molecule has 1 rings (SSSR count). The second-order valence-corrected chi connectivity index (χ2v) is 4.06. The van der Waals surface area contributed by atoms with Crippen molar-refractivity contribution in [2.24, 2.45) is 0 Å². The molecule has 5 heteroatoms. The third-order valence-corrected chi connectivity index (χ3v) is 2.77. The van der Waals surface area contributed by atoms with Gasteiger partial charge in [0.15, 0.2) is 11.5 Å². The first-order valence-corrected chi connectivity index (χ1v) is 6.38. The van der Waals surface area contributed by atoms with Gasteiger partial charge in [-0.2, -0.15) is 0 Å². The van der Waals surface area contributed by atoms with E-state index in [0.29, 0.717) is 30.1 Å². The summed E-state index contributed by atoms with van der Waals surface area (Å²) in [5, 5.41) is 11.8. The van der Waals surface area contributed by atoms with Crippen molar-refractivity contribution in [1.29, 1.82) is 0 Å². The van der Waals surface area contributed by atoms with Crippen LogP contribution in [-0.2, 0) is 0 Å². The summed E-state index contributed by atoms with van der Waals surface area (Å²) in [5.41, 5.74) is 0.479. The Morgan fingerprint density at radius 2 is 2.11 bits per heavy atom. The lowest BCUT2D eigenvalue weighted by Gasteiger charge is -2.15. The quantitative estimate of drug-likeness (QED) is 0.787. The number of rotatable bonds is 7. The van der Waals surface area contributed by atoms with E-state index in [4.69, 9.17) is 14.6 Å². The minimum Gasteiger partial charge on any atom is -0.493 e. The van der Waals surface area contributed by atoms with Crippen molar-refractivity contribution < 1.29 is 19.4 Å². The number of aliphatic hydroxyl groups excluding tert-OH is 1. The molecule has 106 valence electrons. The number of hydrogen-bond acceptors (Lipinski definition) is 4. The van der Waals surface area contributed by atoms with Gasteiger partial charge in [-0.15, -0.1) is 0 Å². The van der Waals surface area contributed by atoms with Gasteiger partial charge in [0, 0.05) is 5.56 Å². The minimum absolute atomic E-state index is 0.0730. The summed E-state index contributed by atoms with van der Waals surface area (Å²) in [4.78, 5) is 12.0. The highest BCUT2D eigenvalue weighted by molar-refractivity contribution is 5.95. The largest absolute Gasteiger partial charge is 0.493 e. The molecule has 1 amide bonds. The Morgan fingerprint density at radius 3 is 2.63 bits per heavy atom. The van der Waals surface area contributed by atoms with E-state index >= 15 is 0 Å². The predicted octanol–water partition coefficient (Wildman–Crippen LogP) is 1.59. The Morgan fingerprint density at radius 1 is 1.37 bits per heavy atom. The average molecular weight is 267 g/mol. The van der Waals surface area contributed by atoms with Crippen LogP contribution in [0.1, 0.15) is 30.6 Å². The third-order valence-electron chi connectivity index (χ3n) is 2.77. The molecule has 0 radical (unpaired) electrons. The van der Waals surface area contributed by atoms with E-state index in [1.54, 1.807) is 18.2 Å². The van der Waals surface area contributed by atoms with Crippen molar-refractivity contribution in [3.8, 4) is 11.5 Å². The molecule has 0 fully saturated rings. The number of ether oxygens (including phenoxy) is 2. The zero-order valence-corrected chi connectivity index (χ0v) is 11.6. The maximum absolute atomic E-state index is 12.0. The molecule has 0 heterocycles. The number of carbonyl (C=O) groups excluding carboxylic acids is 1. The molecular formula is C14H21NO4. The first-order chi connectivity index (χ1) is 9.15. The third kappa shape index (κ3) is 4.13. The minimum atomic E-state index is -0.234. The fourth-order valence-electron chi connectivity index (χ4n) is 1.63.